The summed E-state index contributed by atoms with van der Waals surface area (Å²) in [5.74, 6) is -3.35. The van der Waals surface area contributed by atoms with Gasteiger partial charge in [0.15, 0.2) is 0 Å². The van der Waals surface area contributed by atoms with E-state index >= 15 is 0 Å². The van der Waals surface area contributed by atoms with Gasteiger partial charge in [-0.25, -0.2) is 9.78 Å². The predicted molar refractivity (Wildman–Crippen MR) is 109 cm³/mol. The summed E-state index contributed by atoms with van der Waals surface area (Å²) < 4.78 is 0. The molecule has 12 heteroatoms. The van der Waals surface area contributed by atoms with Crippen LogP contribution in [-0.2, 0) is 25.6 Å². The van der Waals surface area contributed by atoms with Gasteiger partial charge in [0.1, 0.15) is 18.1 Å². The molecular formula is C19H30N6O6. The molecule has 31 heavy (non-hydrogen) atoms. The van der Waals surface area contributed by atoms with Crippen molar-refractivity contribution in [3.05, 3.63) is 18.2 Å². The molecule has 0 aromatic carbocycles. The van der Waals surface area contributed by atoms with E-state index in [-0.39, 0.29) is 24.3 Å². The molecule has 2 rings (SSSR count). The normalized spacial score (nSPS) is 18.8. The van der Waals surface area contributed by atoms with Crippen LogP contribution in [0.25, 0.3) is 0 Å². The minimum atomic E-state index is -1.38. The van der Waals surface area contributed by atoms with Gasteiger partial charge < -0.3 is 36.5 Å². The number of amides is 3. The Morgan fingerprint density at radius 3 is 2.39 bits per heavy atom. The number of carbonyl (C=O) groups excluding carboxylic acids is 3. The van der Waals surface area contributed by atoms with E-state index in [0.717, 1.165) is 13.0 Å². The molecule has 1 aromatic rings. The highest BCUT2D eigenvalue weighted by Gasteiger charge is 2.32. The minimum Gasteiger partial charge on any atom is -0.480 e. The van der Waals surface area contributed by atoms with E-state index in [9.17, 15) is 29.4 Å². The highest BCUT2D eigenvalue weighted by Crippen LogP contribution is 2.08. The standard InChI is InChI=1S/C19H30N6O6/c1-10(2)15(25-16(27)12-4-3-5-21-12)18(29)24-14(8-26)17(28)23-13(19(30)31)6-11-7-20-9-22-11/h7,9-10,12-15,21,26H,3-6,8H2,1-2H3,(H,20,22)(H,23,28)(H,24,29)(H,25,27)(H,30,31). The average Bonchev–Trinajstić information content (AvgIpc) is 3.42. The summed E-state index contributed by atoms with van der Waals surface area (Å²) in [6.07, 6.45) is 4.31. The molecule has 0 radical (unpaired) electrons. The van der Waals surface area contributed by atoms with Crippen LogP contribution < -0.4 is 21.3 Å². The Morgan fingerprint density at radius 2 is 1.87 bits per heavy atom. The van der Waals surface area contributed by atoms with Crippen LogP contribution in [0.3, 0.4) is 0 Å². The minimum absolute atomic E-state index is 0.0494. The molecule has 1 aromatic heterocycles. The molecule has 2 heterocycles. The topological polar surface area (TPSA) is 186 Å². The third kappa shape index (κ3) is 7.03. The van der Waals surface area contributed by atoms with Gasteiger partial charge in [0.05, 0.1) is 19.0 Å². The van der Waals surface area contributed by atoms with Crippen LogP contribution in [-0.4, -0.2) is 81.2 Å². The van der Waals surface area contributed by atoms with E-state index in [1.54, 1.807) is 13.8 Å². The lowest BCUT2D eigenvalue weighted by atomic mass is 10.0. The number of hydrogen-bond acceptors (Lipinski definition) is 7. The second kappa shape index (κ2) is 11.4. The van der Waals surface area contributed by atoms with Gasteiger partial charge in [-0.3, -0.25) is 14.4 Å². The summed E-state index contributed by atoms with van der Waals surface area (Å²) in [4.78, 5) is 55.6. The summed E-state index contributed by atoms with van der Waals surface area (Å²) in [6, 6.07) is -3.95. The fourth-order valence-corrected chi connectivity index (χ4v) is 3.24. The number of hydrogen-bond donors (Lipinski definition) is 7. The van der Waals surface area contributed by atoms with Crippen LogP contribution in [0.15, 0.2) is 12.5 Å². The fourth-order valence-electron chi connectivity index (χ4n) is 3.24. The van der Waals surface area contributed by atoms with Crippen LogP contribution in [0.2, 0.25) is 0 Å². The number of aliphatic hydroxyl groups is 1. The molecule has 7 N–H and O–H groups in total. The van der Waals surface area contributed by atoms with Crippen molar-refractivity contribution in [1.29, 1.82) is 0 Å². The Hall–Kier alpha value is -2.99. The summed E-state index contributed by atoms with van der Waals surface area (Å²) in [5, 5.41) is 29.4. The van der Waals surface area contributed by atoms with Crippen molar-refractivity contribution in [2.24, 2.45) is 5.92 Å². The summed E-state index contributed by atoms with van der Waals surface area (Å²) >= 11 is 0. The van der Waals surface area contributed by atoms with Crippen LogP contribution in [0.1, 0.15) is 32.4 Å². The van der Waals surface area contributed by atoms with E-state index in [1.165, 1.54) is 12.5 Å². The Labute approximate surface area is 179 Å². The van der Waals surface area contributed by atoms with Crippen molar-refractivity contribution < 1.29 is 29.4 Å². The smallest absolute Gasteiger partial charge is 0.326 e. The van der Waals surface area contributed by atoms with Gasteiger partial charge in [0.25, 0.3) is 0 Å². The highest BCUT2D eigenvalue weighted by molar-refractivity contribution is 5.94. The Bertz CT molecular complexity index is 762. The van der Waals surface area contributed by atoms with Crippen molar-refractivity contribution in [2.45, 2.75) is 57.3 Å². The van der Waals surface area contributed by atoms with E-state index < -0.39 is 42.5 Å². The number of aromatic amines is 1. The number of imidazole rings is 1. The summed E-state index contributed by atoms with van der Waals surface area (Å²) in [7, 11) is 0. The van der Waals surface area contributed by atoms with Crippen molar-refractivity contribution in [3.63, 3.8) is 0 Å². The molecule has 0 saturated carbocycles. The number of aromatic nitrogens is 2. The zero-order valence-electron chi connectivity index (χ0n) is 17.6. The van der Waals surface area contributed by atoms with Crippen LogP contribution in [0, 0.1) is 5.92 Å². The van der Waals surface area contributed by atoms with Crippen molar-refractivity contribution >= 4 is 23.7 Å². The molecule has 0 bridgehead atoms. The van der Waals surface area contributed by atoms with Crippen LogP contribution in [0.4, 0.5) is 0 Å². The number of carboxylic acid groups (broad SMARTS) is 1. The largest absolute Gasteiger partial charge is 0.480 e. The highest BCUT2D eigenvalue weighted by atomic mass is 16.4. The maximum Gasteiger partial charge on any atom is 0.326 e. The van der Waals surface area contributed by atoms with E-state index in [1.807, 2.05) is 0 Å². The predicted octanol–water partition coefficient (Wildman–Crippen LogP) is -2.11. The monoisotopic (exact) mass is 438 g/mol. The SMILES string of the molecule is CC(C)C(NC(=O)C1CCCN1)C(=O)NC(CO)C(=O)NC(Cc1cnc[nH]1)C(=O)O. The van der Waals surface area contributed by atoms with Gasteiger partial charge in [-0.15, -0.1) is 0 Å². The average molecular weight is 438 g/mol. The van der Waals surface area contributed by atoms with Crippen LogP contribution in [0.5, 0.6) is 0 Å². The summed E-state index contributed by atoms with van der Waals surface area (Å²) in [5.41, 5.74) is 0.500. The number of aliphatic carboxylic acids is 1. The zero-order chi connectivity index (χ0) is 23.0. The van der Waals surface area contributed by atoms with E-state index in [2.05, 4.69) is 31.2 Å². The number of carboxylic acids is 1. The molecular weight excluding hydrogens is 408 g/mol. The van der Waals surface area contributed by atoms with Crippen molar-refractivity contribution in [2.75, 3.05) is 13.2 Å². The number of H-pyrrole nitrogens is 1. The molecule has 0 aliphatic carbocycles. The first-order valence-electron chi connectivity index (χ1n) is 10.2. The molecule has 1 fully saturated rings. The maximum atomic E-state index is 12.7. The number of nitrogens with zero attached hydrogens (tertiary/aromatic N) is 1. The third-order valence-electron chi connectivity index (χ3n) is 5.03. The molecule has 172 valence electrons. The summed E-state index contributed by atoms with van der Waals surface area (Å²) in [6.45, 7) is 3.47. The molecule has 0 spiro atoms. The third-order valence-corrected chi connectivity index (χ3v) is 5.03. The molecule has 1 saturated heterocycles. The van der Waals surface area contributed by atoms with E-state index in [4.69, 9.17) is 0 Å². The molecule has 1 aliphatic rings. The molecule has 4 unspecified atom stereocenters. The van der Waals surface area contributed by atoms with Crippen LogP contribution >= 0.6 is 0 Å². The molecule has 4 atom stereocenters. The van der Waals surface area contributed by atoms with Crippen molar-refractivity contribution in [3.8, 4) is 0 Å². The first kappa shape index (κ1) is 24.3. The first-order chi connectivity index (χ1) is 14.7. The maximum absolute atomic E-state index is 12.7. The second-order valence-electron chi connectivity index (χ2n) is 7.80. The number of carbonyl (C=O) groups is 4. The van der Waals surface area contributed by atoms with Gasteiger partial charge >= 0.3 is 5.97 Å². The quantitative estimate of drug-likeness (QED) is 0.205. The first-order valence-corrected chi connectivity index (χ1v) is 10.2. The van der Waals surface area contributed by atoms with Gasteiger partial charge in [-0.05, 0) is 25.3 Å². The lowest BCUT2D eigenvalue weighted by molar-refractivity contribution is -0.142. The van der Waals surface area contributed by atoms with Gasteiger partial charge in [-0.1, -0.05) is 13.8 Å². The van der Waals surface area contributed by atoms with Gasteiger partial charge in [0.2, 0.25) is 17.7 Å². The lowest BCUT2D eigenvalue weighted by Gasteiger charge is -2.26. The number of rotatable bonds is 11. The van der Waals surface area contributed by atoms with Crippen molar-refractivity contribution in [1.82, 2.24) is 31.2 Å². The van der Waals surface area contributed by atoms with Gasteiger partial charge in [-0.2, -0.15) is 0 Å². The lowest BCUT2D eigenvalue weighted by Crippen LogP contribution is -2.59. The van der Waals surface area contributed by atoms with Gasteiger partial charge in [0, 0.05) is 18.3 Å². The molecule has 12 nitrogen and oxygen atoms in total. The van der Waals surface area contributed by atoms with E-state index in [0.29, 0.717) is 12.1 Å². The fraction of sp³-hybridized carbons (Fsp3) is 0.632. The second-order valence-corrected chi connectivity index (χ2v) is 7.80. The molecule has 1 aliphatic heterocycles. The Morgan fingerprint density at radius 1 is 1.16 bits per heavy atom. The Kier molecular flexibility index (Phi) is 8.94. The molecule has 3 amide bonds. The number of nitrogens with one attached hydrogen (secondary N) is 5. The number of aliphatic hydroxyl groups excluding tert-OH is 1. The Balaban J connectivity index is 1.98. The zero-order valence-corrected chi connectivity index (χ0v) is 17.6.